The molecule has 1 amide bonds. The van der Waals surface area contributed by atoms with E-state index < -0.39 is 17.8 Å². The molecule has 1 aromatic rings. The molecule has 4 nitrogen and oxygen atoms in total. The van der Waals surface area contributed by atoms with Crippen LogP contribution in [0.5, 0.6) is 0 Å². The number of hydrogen-bond donors (Lipinski definition) is 1. The van der Waals surface area contributed by atoms with Crippen molar-refractivity contribution in [2.75, 3.05) is 6.54 Å². The van der Waals surface area contributed by atoms with Crippen LogP contribution in [0.3, 0.4) is 0 Å². The number of rotatable bonds is 2. The van der Waals surface area contributed by atoms with Crippen LogP contribution >= 0.6 is 0 Å². The molecule has 0 radical (unpaired) electrons. The zero-order valence-electron chi connectivity index (χ0n) is 11.9. The minimum Gasteiger partial charge on any atom is -0.481 e. The van der Waals surface area contributed by atoms with Crippen LogP contribution in [0.2, 0.25) is 0 Å². The molecule has 21 heavy (non-hydrogen) atoms. The molecule has 4 heteroatoms. The molecule has 2 aliphatic rings. The first-order valence-electron chi connectivity index (χ1n) is 7.40. The van der Waals surface area contributed by atoms with Crippen molar-refractivity contribution in [3.63, 3.8) is 0 Å². The van der Waals surface area contributed by atoms with Crippen molar-refractivity contribution >= 4 is 11.9 Å². The third kappa shape index (κ3) is 2.71. The van der Waals surface area contributed by atoms with Gasteiger partial charge in [0.15, 0.2) is 0 Å². The highest BCUT2D eigenvalue weighted by Crippen LogP contribution is 2.29. The fourth-order valence-corrected chi connectivity index (χ4v) is 3.28. The predicted molar refractivity (Wildman–Crippen MR) is 78.6 cm³/mol. The number of hydrogen-bond acceptors (Lipinski definition) is 2. The Morgan fingerprint density at radius 3 is 2.43 bits per heavy atom. The quantitative estimate of drug-likeness (QED) is 0.848. The van der Waals surface area contributed by atoms with E-state index >= 15 is 0 Å². The topological polar surface area (TPSA) is 57.6 Å². The van der Waals surface area contributed by atoms with Gasteiger partial charge in [-0.05, 0) is 30.4 Å². The molecular formula is C17H19NO3. The third-order valence-electron chi connectivity index (χ3n) is 4.51. The lowest BCUT2D eigenvalue weighted by Gasteiger charge is -2.34. The molecular weight excluding hydrogens is 266 g/mol. The third-order valence-corrected chi connectivity index (χ3v) is 4.51. The smallest absolute Gasteiger partial charge is 0.307 e. The number of carboxylic acid groups (broad SMARTS) is 1. The van der Waals surface area contributed by atoms with Crippen molar-refractivity contribution in [2.24, 2.45) is 11.8 Å². The maximum absolute atomic E-state index is 12.7. The van der Waals surface area contributed by atoms with Gasteiger partial charge in [0.25, 0.3) is 0 Å². The number of carboxylic acids is 1. The minimum absolute atomic E-state index is 0.0127. The van der Waals surface area contributed by atoms with Crippen LogP contribution in [0.15, 0.2) is 36.4 Å². The Morgan fingerprint density at radius 1 is 1.05 bits per heavy atom. The van der Waals surface area contributed by atoms with Crippen LogP contribution in [0.4, 0.5) is 0 Å². The summed E-state index contributed by atoms with van der Waals surface area (Å²) in [6.07, 6.45) is 5.64. The molecule has 2 atom stereocenters. The summed E-state index contributed by atoms with van der Waals surface area (Å²) >= 11 is 0. The van der Waals surface area contributed by atoms with Crippen molar-refractivity contribution < 1.29 is 14.7 Å². The summed E-state index contributed by atoms with van der Waals surface area (Å²) in [5.74, 6) is -1.88. The zero-order chi connectivity index (χ0) is 14.8. The van der Waals surface area contributed by atoms with Gasteiger partial charge in [-0.1, -0.05) is 36.4 Å². The number of nitrogens with zero attached hydrogens (tertiary/aromatic N) is 1. The number of aliphatic carboxylic acids is 1. The maximum atomic E-state index is 12.7. The van der Waals surface area contributed by atoms with E-state index in [-0.39, 0.29) is 5.91 Å². The fourth-order valence-electron chi connectivity index (χ4n) is 3.28. The van der Waals surface area contributed by atoms with Crippen LogP contribution < -0.4 is 0 Å². The van der Waals surface area contributed by atoms with E-state index in [1.807, 2.05) is 35.3 Å². The van der Waals surface area contributed by atoms with Crippen molar-refractivity contribution in [1.29, 1.82) is 0 Å². The van der Waals surface area contributed by atoms with E-state index in [0.717, 1.165) is 6.42 Å². The van der Waals surface area contributed by atoms with Gasteiger partial charge in [0.05, 0.1) is 11.8 Å². The number of amides is 1. The summed E-state index contributed by atoms with van der Waals surface area (Å²) in [4.78, 5) is 25.9. The molecule has 1 N–H and O–H groups in total. The standard InChI is InChI=1S/C17H19NO3/c19-16(14-7-3-4-8-15(14)17(20)21)18-10-9-12-5-1-2-6-13(12)11-18/h1-6,14-15H,7-11H2,(H,20,21). The fraction of sp³-hybridized carbons (Fsp3) is 0.412. The number of allylic oxidation sites excluding steroid dienone is 2. The molecule has 2 unspecified atom stereocenters. The molecule has 0 saturated heterocycles. The van der Waals surface area contributed by atoms with Gasteiger partial charge in [0.2, 0.25) is 5.91 Å². The maximum Gasteiger partial charge on any atom is 0.307 e. The van der Waals surface area contributed by atoms with Gasteiger partial charge in [-0.2, -0.15) is 0 Å². The lowest BCUT2D eigenvalue weighted by molar-refractivity contribution is -0.151. The molecule has 1 aromatic carbocycles. The second kappa shape index (κ2) is 5.72. The van der Waals surface area contributed by atoms with E-state index in [0.29, 0.717) is 25.9 Å². The van der Waals surface area contributed by atoms with Crippen molar-refractivity contribution in [3.05, 3.63) is 47.5 Å². The molecule has 1 aliphatic heterocycles. The van der Waals surface area contributed by atoms with Crippen LogP contribution in [-0.4, -0.2) is 28.4 Å². The highest BCUT2D eigenvalue weighted by molar-refractivity contribution is 5.85. The summed E-state index contributed by atoms with van der Waals surface area (Å²) in [7, 11) is 0. The average Bonchev–Trinajstić information content (AvgIpc) is 2.53. The largest absolute Gasteiger partial charge is 0.481 e. The SMILES string of the molecule is O=C(O)C1CC=CCC1C(=O)N1CCc2ccccc2C1. The lowest BCUT2D eigenvalue weighted by atomic mass is 9.81. The van der Waals surface area contributed by atoms with Crippen LogP contribution in [0, 0.1) is 11.8 Å². The zero-order valence-corrected chi connectivity index (χ0v) is 11.9. The average molecular weight is 285 g/mol. The van der Waals surface area contributed by atoms with Crippen molar-refractivity contribution in [2.45, 2.75) is 25.8 Å². The van der Waals surface area contributed by atoms with Crippen LogP contribution in [0.25, 0.3) is 0 Å². The molecule has 0 spiro atoms. The van der Waals surface area contributed by atoms with Gasteiger partial charge in [-0.25, -0.2) is 0 Å². The van der Waals surface area contributed by atoms with Crippen LogP contribution in [0.1, 0.15) is 24.0 Å². The normalized spacial score (nSPS) is 24.5. The molecule has 0 bridgehead atoms. The minimum atomic E-state index is -0.866. The molecule has 110 valence electrons. The monoisotopic (exact) mass is 285 g/mol. The van der Waals surface area contributed by atoms with Gasteiger partial charge in [-0.15, -0.1) is 0 Å². The van der Waals surface area contributed by atoms with Gasteiger partial charge in [-0.3, -0.25) is 9.59 Å². The van der Waals surface area contributed by atoms with E-state index in [4.69, 9.17) is 0 Å². The highest BCUT2D eigenvalue weighted by atomic mass is 16.4. The van der Waals surface area contributed by atoms with Gasteiger partial charge in [0, 0.05) is 13.1 Å². The Bertz CT molecular complexity index is 593. The van der Waals surface area contributed by atoms with Crippen LogP contribution in [-0.2, 0) is 22.6 Å². The lowest BCUT2D eigenvalue weighted by Crippen LogP contribution is -2.43. The first-order valence-corrected chi connectivity index (χ1v) is 7.40. The summed E-state index contributed by atoms with van der Waals surface area (Å²) in [6, 6.07) is 8.14. The second-order valence-corrected chi connectivity index (χ2v) is 5.77. The first kappa shape index (κ1) is 13.9. The number of fused-ring (bicyclic) bond motifs is 1. The Morgan fingerprint density at radius 2 is 1.71 bits per heavy atom. The van der Waals surface area contributed by atoms with Crippen molar-refractivity contribution in [3.8, 4) is 0 Å². The first-order chi connectivity index (χ1) is 10.2. The van der Waals surface area contributed by atoms with E-state index in [2.05, 4.69) is 6.07 Å². The summed E-state index contributed by atoms with van der Waals surface area (Å²) in [5, 5.41) is 9.31. The highest BCUT2D eigenvalue weighted by Gasteiger charge is 2.37. The number of carbonyl (C=O) groups is 2. The van der Waals surface area contributed by atoms with E-state index in [9.17, 15) is 14.7 Å². The van der Waals surface area contributed by atoms with Gasteiger partial charge in [0.1, 0.15) is 0 Å². The summed E-state index contributed by atoms with van der Waals surface area (Å²) in [5.41, 5.74) is 2.47. The Hall–Kier alpha value is -2.10. The molecule has 0 aromatic heterocycles. The Kier molecular flexibility index (Phi) is 3.78. The van der Waals surface area contributed by atoms with Gasteiger partial charge >= 0.3 is 5.97 Å². The predicted octanol–water partition coefficient (Wildman–Crippen LogP) is 2.24. The number of carbonyl (C=O) groups excluding carboxylic acids is 1. The second-order valence-electron chi connectivity index (χ2n) is 5.77. The molecule has 3 rings (SSSR count). The summed E-state index contributed by atoms with van der Waals surface area (Å²) in [6.45, 7) is 1.28. The van der Waals surface area contributed by atoms with E-state index in [1.165, 1.54) is 11.1 Å². The van der Waals surface area contributed by atoms with Gasteiger partial charge < -0.3 is 10.0 Å². The Labute approximate surface area is 124 Å². The molecule has 1 aliphatic carbocycles. The van der Waals surface area contributed by atoms with E-state index in [1.54, 1.807) is 0 Å². The molecule has 1 heterocycles. The number of benzene rings is 1. The van der Waals surface area contributed by atoms with Crippen molar-refractivity contribution in [1.82, 2.24) is 4.90 Å². The molecule has 0 saturated carbocycles. The molecule has 0 fully saturated rings. The summed E-state index contributed by atoms with van der Waals surface area (Å²) < 4.78 is 0. The Balaban J connectivity index is 1.77.